The second-order valence-electron chi connectivity index (χ2n) is 9.42. The van der Waals surface area contributed by atoms with Gasteiger partial charge in [-0.05, 0) is 40.9 Å². The molecule has 0 saturated carbocycles. The van der Waals surface area contributed by atoms with Crippen molar-refractivity contribution in [2.75, 3.05) is 0 Å². The summed E-state index contributed by atoms with van der Waals surface area (Å²) in [6.07, 6.45) is 3.70. The summed E-state index contributed by atoms with van der Waals surface area (Å²) in [4.78, 5) is 0. The Bertz CT molecular complexity index is 940. The Balaban J connectivity index is 0.00000107. The van der Waals surface area contributed by atoms with Crippen molar-refractivity contribution >= 4 is 27.8 Å². The van der Waals surface area contributed by atoms with Gasteiger partial charge in [0.15, 0.2) is 0 Å². The molecule has 0 nitrogen and oxygen atoms in total. The van der Waals surface area contributed by atoms with Gasteiger partial charge < -0.3 is 0 Å². The predicted molar refractivity (Wildman–Crippen MR) is 138 cm³/mol. The summed E-state index contributed by atoms with van der Waals surface area (Å²) in [5.41, 5.74) is 8.71. The van der Waals surface area contributed by atoms with Gasteiger partial charge in [0.25, 0.3) is 0 Å². The molecule has 0 fully saturated rings. The molecule has 0 spiro atoms. The summed E-state index contributed by atoms with van der Waals surface area (Å²) < 4.78 is 0. The third-order valence-corrected chi connectivity index (χ3v) is 6.02. The van der Waals surface area contributed by atoms with Crippen LogP contribution in [0.3, 0.4) is 0 Å². The third-order valence-electron chi connectivity index (χ3n) is 6.02. The van der Waals surface area contributed by atoms with Gasteiger partial charge >= 0.3 is 37.9 Å². The van der Waals surface area contributed by atoms with E-state index in [9.17, 15) is 0 Å². The molecule has 0 aromatic heterocycles. The second-order valence-corrected chi connectivity index (χ2v) is 13.2. The molecule has 0 amide bonds. The van der Waals surface area contributed by atoms with Gasteiger partial charge in [0.05, 0.1) is 0 Å². The van der Waals surface area contributed by atoms with E-state index in [-0.39, 0.29) is 0 Å². The fourth-order valence-corrected chi connectivity index (χ4v) is 4.18. The van der Waals surface area contributed by atoms with Crippen molar-refractivity contribution in [3.05, 3.63) is 64.7 Å². The summed E-state index contributed by atoms with van der Waals surface area (Å²) in [5.74, 6) is 1.59. The summed E-state index contributed by atoms with van der Waals surface area (Å²) in [5, 5.41) is 2.83. The van der Waals surface area contributed by atoms with Gasteiger partial charge in [-0.15, -0.1) is 34.5 Å². The topological polar surface area (TPSA) is 0 Å². The molecular formula is C28H37Cl2Zr-. The number of hydrogen-bond donors (Lipinski definition) is 0. The normalized spacial score (nSPS) is 11.4. The molecule has 31 heavy (non-hydrogen) atoms. The zero-order chi connectivity index (χ0) is 23.1. The Labute approximate surface area is 208 Å². The first-order valence-electron chi connectivity index (χ1n) is 11.6. The summed E-state index contributed by atoms with van der Waals surface area (Å²) >= 11 is -0.826. The quantitative estimate of drug-likeness (QED) is 0.264. The van der Waals surface area contributed by atoms with Crippen LogP contribution in [0.15, 0.2) is 42.5 Å². The Morgan fingerprint density at radius 3 is 1.90 bits per heavy atom. The number of fused-ring (bicyclic) bond motifs is 1. The van der Waals surface area contributed by atoms with Gasteiger partial charge in [-0.3, -0.25) is 0 Å². The van der Waals surface area contributed by atoms with E-state index < -0.39 is 20.8 Å². The Hall–Kier alpha value is -0.487. The van der Waals surface area contributed by atoms with Crippen LogP contribution in [0, 0.1) is 0 Å². The van der Waals surface area contributed by atoms with Crippen LogP contribution in [-0.4, -0.2) is 0 Å². The SMILES string of the molecule is CCCCc1cc2c(-c3cc(C(C)C)cc(C(C)C)c3)c(C(C)C)ccc2[cH-]1.[Cl][Zr][Cl]. The van der Waals surface area contributed by atoms with Gasteiger partial charge in [-0.2, -0.15) is 6.07 Å². The Kier molecular flexibility index (Phi) is 10.9. The van der Waals surface area contributed by atoms with Crippen molar-refractivity contribution < 1.29 is 20.8 Å². The van der Waals surface area contributed by atoms with E-state index in [0.29, 0.717) is 17.8 Å². The van der Waals surface area contributed by atoms with Gasteiger partial charge in [-0.25, -0.2) is 0 Å². The molecular weight excluding hydrogens is 498 g/mol. The van der Waals surface area contributed by atoms with Gasteiger partial charge in [0.2, 0.25) is 0 Å². The fourth-order valence-electron chi connectivity index (χ4n) is 4.18. The monoisotopic (exact) mass is 533 g/mol. The molecule has 3 aromatic carbocycles. The maximum atomic E-state index is 4.93. The second kappa shape index (κ2) is 12.7. The molecule has 3 aromatic rings. The van der Waals surface area contributed by atoms with Crippen LogP contribution in [0.5, 0.6) is 0 Å². The molecule has 0 atom stereocenters. The van der Waals surface area contributed by atoms with Crippen LogP contribution in [0.4, 0.5) is 0 Å². The molecule has 3 heteroatoms. The molecule has 0 aliphatic heterocycles. The first-order chi connectivity index (χ1) is 14.7. The first-order valence-corrected chi connectivity index (χ1v) is 17.9. The predicted octanol–water partition coefficient (Wildman–Crippen LogP) is 10.3. The van der Waals surface area contributed by atoms with Crippen molar-refractivity contribution in [1.82, 2.24) is 0 Å². The summed E-state index contributed by atoms with van der Waals surface area (Å²) in [7, 11) is 9.87. The van der Waals surface area contributed by atoms with Gasteiger partial charge in [-0.1, -0.05) is 90.6 Å². The number of halogens is 2. The molecule has 0 unspecified atom stereocenters. The molecule has 0 aliphatic rings. The summed E-state index contributed by atoms with van der Waals surface area (Å²) in [6, 6.07) is 16.9. The summed E-state index contributed by atoms with van der Waals surface area (Å²) in [6.45, 7) is 16.1. The third kappa shape index (κ3) is 7.00. The van der Waals surface area contributed by atoms with Crippen LogP contribution >= 0.6 is 17.0 Å². The van der Waals surface area contributed by atoms with Crippen LogP contribution < -0.4 is 0 Å². The van der Waals surface area contributed by atoms with Crippen molar-refractivity contribution in [2.24, 2.45) is 0 Å². The molecule has 0 radical (unpaired) electrons. The Morgan fingerprint density at radius 1 is 0.839 bits per heavy atom. The van der Waals surface area contributed by atoms with Crippen molar-refractivity contribution in [2.45, 2.75) is 85.5 Å². The van der Waals surface area contributed by atoms with Crippen LogP contribution in [0.25, 0.3) is 21.9 Å². The molecule has 3 rings (SSSR count). The Morgan fingerprint density at radius 2 is 1.42 bits per heavy atom. The maximum absolute atomic E-state index is 4.93. The molecule has 0 N–H and O–H groups in total. The molecule has 168 valence electrons. The van der Waals surface area contributed by atoms with Crippen molar-refractivity contribution in [3.63, 3.8) is 0 Å². The van der Waals surface area contributed by atoms with Crippen molar-refractivity contribution in [1.29, 1.82) is 0 Å². The molecule has 0 heterocycles. The van der Waals surface area contributed by atoms with E-state index >= 15 is 0 Å². The van der Waals surface area contributed by atoms with E-state index in [2.05, 4.69) is 90.9 Å². The van der Waals surface area contributed by atoms with Gasteiger partial charge in [0.1, 0.15) is 0 Å². The van der Waals surface area contributed by atoms with Gasteiger partial charge in [0, 0.05) is 0 Å². The zero-order valence-corrected chi connectivity index (χ0v) is 24.1. The van der Waals surface area contributed by atoms with E-state index in [1.165, 1.54) is 63.4 Å². The van der Waals surface area contributed by atoms with Crippen molar-refractivity contribution in [3.8, 4) is 11.1 Å². The number of rotatable bonds is 7. The average Bonchev–Trinajstić information content (AvgIpc) is 3.14. The number of aryl methyl sites for hydroxylation is 1. The minimum atomic E-state index is -0.826. The average molecular weight is 536 g/mol. The molecule has 0 aliphatic carbocycles. The molecule has 0 saturated heterocycles. The zero-order valence-electron chi connectivity index (χ0n) is 20.2. The van der Waals surface area contributed by atoms with E-state index in [0.717, 1.165) is 0 Å². The first kappa shape index (κ1) is 26.8. The van der Waals surface area contributed by atoms with E-state index in [1.54, 1.807) is 0 Å². The fraction of sp³-hybridized carbons (Fsp3) is 0.464. The van der Waals surface area contributed by atoms with Crippen LogP contribution in [-0.2, 0) is 27.3 Å². The number of unbranched alkanes of at least 4 members (excludes halogenated alkanes) is 1. The van der Waals surface area contributed by atoms with E-state index in [4.69, 9.17) is 17.0 Å². The number of benzene rings is 2. The minimum absolute atomic E-state index is 0.513. The van der Waals surface area contributed by atoms with Crippen LogP contribution in [0.1, 0.15) is 101 Å². The van der Waals surface area contributed by atoms with E-state index in [1.807, 2.05) is 0 Å². The molecule has 0 bridgehead atoms. The van der Waals surface area contributed by atoms with Crippen LogP contribution in [0.2, 0.25) is 0 Å². The number of hydrogen-bond acceptors (Lipinski definition) is 0. The standard InChI is InChI=1S/C28H37.2ClH.Zr/c1-8-9-10-21-13-22-11-12-26(20(6)7)28(27(22)14-21)25-16-23(18(2)3)15-24(17-25)19(4)5;;;/h11-20H,8-10H2,1-7H3;2*1H;/q-1;;;+2/p-2.